The lowest BCUT2D eigenvalue weighted by molar-refractivity contribution is 0.132. The molecule has 0 aliphatic heterocycles. The fourth-order valence-corrected chi connectivity index (χ4v) is 1.70. The van der Waals surface area contributed by atoms with Gasteiger partial charge in [-0.25, -0.2) is 4.79 Å². The summed E-state index contributed by atoms with van der Waals surface area (Å²) in [5.41, 5.74) is 0. The Labute approximate surface area is 78.7 Å². The van der Waals surface area contributed by atoms with Crippen molar-refractivity contribution in [3.63, 3.8) is 0 Å². The Morgan fingerprint density at radius 2 is 2.23 bits per heavy atom. The quantitative estimate of drug-likeness (QED) is 0.600. The van der Waals surface area contributed by atoms with Crippen LogP contribution in [-0.4, -0.2) is 30.3 Å². The number of hydrogen-bond donors (Lipinski definition) is 3. The van der Waals surface area contributed by atoms with E-state index in [1.807, 2.05) is 6.92 Å². The molecule has 4 nitrogen and oxygen atoms in total. The van der Waals surface area contributed by atoms with Crippen molar-refractivity contribution < 1.29 is 9.90 Å². The van der Waals surface area contributed by atoms with E-state index in [0.29, 0.717) is 13.1 Å². The van der Waals surface area contributed by atoms with Gasteiger partial charge in [0.15, 0.2) is 0 Å². The Balaban J connectivity index is 2.14. The number of aliphatic hydroxyl groups excluding tert-OH is 1. The lowest BCUT2D eigenvalue weighted by Gasteiger charge is -2.14. The fourth-order valence-electron chi connectivity index (χ4n) is 1.70. The van der Waals surface area contributed by atoms with Crippen LogP contribution in [0.4, 0.5) is 4.79 Å². The molecule has 0 radical (unpaired) electrons. The van der Waals surface area contributed by atoms with E-state index in [0.717, 1.165) is 19.3 Å². The lowest BCUT2D eigenvalue weighted by atomic mass is 10.1. The Morgan fingerprint density at radius 3 is 2.77 bits per heavy atom. The highest BCUT2D eigenvalue weighted by Crippen LogP contribution is 2.24. The second-order valence-corrected chi connectivity index (χ2v) is 3.50. The molecule has 0 aromatic heterocycles. The molecule has 1 aliphatic carbocycles. The molecule has 1 saturated carbocycles. The first-order valence-electron chi connectivity index (χ1n) is 4.93. The minimum Gasteiger partial charge on any atom is -0.393 e. The number of carbonyl (C=O) groups excluding carboxylic acids is 1. The van der Waals surface area contributed by atoms with Crippen LogP contribution >= 0.6 is 0 Å². The average molecular weight is 186 g/mol. The van der Waals surface area contributed by atoms with E-state index in [1.54, 1.807) is 0 Å². The van der Waals surface area contributed by atoms with Gasteiger partial charge in [0.2, 0.25) is 0 Å². The molecule has 4 heteroatoms. The van der Waals surface area contributed by atoms with Crippen molar-refractivity contribution in [2.45, 2.75) is 32.3 Å². The first-order chi connectivity index (χ1) is 6.24. The number of amides is 2. The smallest absolute Gasteiger partial charge is 0.314 e. The van der Waals surface area contributed by atoms with Crippen LogP contribution in [0.1, 0.15) is 26.2 Å². The van der Waals surface area contributed by atoms with Crippen molar-refractivity contribution in [1.29, 1.82) is 0 Å². The fraction of sp³-hybridized carbons (Fsp3) is 0.889. The van der Waals surface area contributed by atoms with Crippen molar-refractivity contribution in [1.82, 2.24) is 10.6 Å². The van der Waals surface area contributed by atoms with Crippen molar-refractivity contribution >= 4 is 6.03 Å². The molecular weight excluding hydrogens is 168 g/mol. The van der Waals surface area contributed by atoms with E-state index in [1.165, 1.54) is 0 Å². The summed E-state index contributed by atoms with van der Waals surface area (Å²) in [5.74, 6) is 0.252. The molecule has 13 heavy (non-hydrogen) atoms. The lowest BCUT2D eigenvalue weighted by Crippen LogP contribution is -2.39. The molecule has 1 fully saturated rings. The summed E-state index contributed by atoms with van der Waals surface area (Å²) in [6.07, 6.45) is 2.75. The zero-order valence-electron chi connectivity index (χ0n) is 8.05. The number of rotatable bonds is 3. The Bertz CT molecular complexity index is 173. The maximum atomic E-state index is 11.0. The van der Waals surface area contributed by atoms with Crippen LogP contribution < -0.4 is 10.6 Å². The number of aliphatic hydroxyl groups is 1. The summed E-state index contributed by atoms with van der Waals surface area (Å²) in [6.45, 7) is 3.11. The second kappa shape index (κ2) is 5.07. The Kier molecular flexibility index (Phi) is 4.02. The van der Waals surface area contributed by atoms with E-state index in [2.05, 4.69) is 10.6 Å². The molecule has 0 aromatic rings. The van der Waals surface area contributed by atoms with Gasteiger partial charge < -0.3 is 15.7 Å². The average Bonchev–Trinajstić information content (AvgIpc) is 2.48. The van der Waals surface area contributed by atoms with Gasteiger partial charge in [0, 0.05) is 19.0 Å². The molecule has 76 valence electrons. The molecule has 1 aliphatic rings. The highest BCUT2D eigenvalue weighted by Gasteiger charge is 2.25. The third-order valence-electron chi connectivity index (χ3n) is 2.48. The normalized spacial score (nSPS) is 27.2. The molecule has 3 N–H and O–H groups in total. The first kappa shape index (κ1) is 10.3. The maximum Gasteiger partial charge on any atom is 0.314 e. The van der Waals surface area contributed by atoms with Gasteiger partial charge in [-0.2, -0.15) is 0 Å². The predicted octanol–water partition coefficient (Wildman–Crippen LogP) is 0.466. The molecule has 0 saturated heterocycles. The van der Waals surface area contributed by atoms with Crippen LogP contribution in [0.25, 0.3) is 0 Å². The van der Waals surface area contributed by atoms with Gasteiger partial charge in [-0.05, 0) is 19.8 Å². The zero-order chi connectivity index (χ0) is 9.68. The van der Waals surface area contributed by atoms with Gasteiger partial charge in [0.05, 0.1) is 6.10 Å². The predicted molar refractivity (Wildman–Crippen MR) is 50.4 cm³/mol. The van der Waals surface area contributed by atoms with Crippen molar-refractivity contribution in [3.05, 3.63) is 0 Å². The van der Waals surface area contributed by atoms with E-state index < -0.39 is 0 Å². The number of urea groups is 1. The molecule has 0 bridgehead atoms. The molecule has 0 heterocycles. The topological polar surface area (TPSA) is 61.4 Å². The molecule has 1 rings (SSSR count). The van der Waals surface area contributed by atoms with Gasteiger partial charge in [-0.15, -0.1) is 0 Å². The molecule has 2 unspecified atom stereocenters. The summed E-state index contributed by atoms with van der Waals surface area (Å²) in [6, 6.07) is -0.137. The van der Waals surface area contributed by atoms with Gasteiger partial charge >= 0.3 is 6.03 Å². The minimum atomic E-state index is -0.220. The van der Waals surface area contributed by atoms with Crippen LogP contribution in [0, 0.1) is 5.92 Å². The van der Waals surface area contributed by atoms with E-state index >= 15 is 0 Å². The van der Waals surface area contributed by atoms with Gasteiger partial charge in [0.25, 0.3) is 0 Å². The van der Waals surface area contributed by atoms with E-state index in [9.17, 15) is 9.90 Å². The van der Waals surface area contributed by atoms with Crippen molar-refractivity contribution in [2.24, 2.45) is 5.92 Å². The summed E-state index contributed by atoms with van der Waals surface area (Å²) in [4.78, 5) is 11.0. The molecule has 0 spiro atoms. The van der Waals surface area contributed by atoms with Crippen molar-refractivity contribution in [3.8, 4) is 0 Å². The Hall–Kier alpha value is -0.770. The maximum absolute atomic E-state index is 11.0. The standard InChI is InChI=1S/C9H18N2O2/c1-2-10-9(13)11-6-7-4-3-5-8(7)12/h7-8,12H,2-6H2,1H3,(H2,10,11,13). The van der Waals surface area contributed by atoms with Gasteiger partial charge in [0.1, 0.15) is 0 Å². The summed E-state index contributed by atoms with van der Waals surface area (Å²) in [5, 5.41) is 14.9. The number of carbonyl (C=O) groups is 1. The largest absolute Gasteiger partial charge is 0.393 e. The second-order valence-electron chi connectivity index (χ2n) is 3.50. The monoisotopic (exact) mass is 186 g/mol. The van der Waals surface area contributed by atoms with Gasteiger partial charge in [-0.1, -0.05) is 6.42 Å². The van der Waals surface area contributed by atoms with Crippen molar-refractivity contribution in [2.75, 3.05) is 13.1 Å². The minimum absolute atomic E-state index is 0.137. The van der Waals surface area contributed by atoms with Gasteiger partial charge in [-0.3, -0.25) is 0 Å². The summed E-state index contributed by atoms with van der Waals surface area (Å²) >= 11 is 0. The van der Waals surface area contributed by atoms with Crippen LogP contribution in [0.2, 0.25) is 0 Å². The first-order valence-corrected chi connectivity index (χ1v) is 4.93. The van der Waals surface area contributed by atoms with Crippen LogP contribution in [0.15, 0.2) is 0 Å². The highest BCUT2D eigenvalue weighted by atomic mass is 16.3. The molecule has 2 atom stereocenters. The third-order valence-corrected chi connectivity index (χ3v) is 2.48. The van der Waals surface area contributed by atoms with E-state index in [4.69, 9.17) is 0 Å². The number of hydrogen-bond acceptors (Lipinski definition) is 2. The molecular formula is C9H18N2O2. The Morgan fingerprint density at radius 1 is 1.46 bits per heavy atom. The summed E-state index contributed by atoms with van der Waals surface area (Å²) < 4.78 is 0. The van der Waals surface area contributed by atoms with Crippen LogP contribution in [0.3, 0.4) is 0 Å². The summed E-state index contributed by atoms with van der Waals surface area (Å²) in [7, 11) is 0. The SMILES string of the molecule is CCNC(=O)NCC1CCCC1O. The van der Waals surface area contributed by atoms with E-state index in [-0.39, 0.29) is 18.1 Å². The van der Waals surface area contributed by atoms with Crippen LogP contribution in [-0.2, 0) is 0 Å². The van der Waals surface area contributed by atoms with Crippen LogP contribution in [0.5, 0.6) is 0 Å². The third kappa shape index (κ3) is 3.22. The molecule has 0 aromatic carbocycles. The highest BCUT2D eigenvalue weighted by molar-refractivity contribution is 5.73. The zero-order valence-corrected chi connectivity index (χ0v) is 8.05. The number of nitrogens with one attached hydrogen (secondary N) is 2. The molecule has 2 amide bonds.